The minimum Gasteiger partial charge on any atom is -0.350 e. The predicted octanol–water partition coefficient (Wildman–Crippen LogP) is 2.51. The molecule has 1 amide bonds. The van der Waals surface area contributed by atoms with Crippen LogP contribution >= 0.6 is 0 Å². The van der Waals surface area contributed by atoms with Crippen LogP contribution < -0.4 is 5.32 Å². The maximum absolute atomic E-state index is 12.4. The van der Waals surface area contributed by atoms with Crippen LogP contribution in [-0.4, -0.2) is 38.3 Å². The van der Waals surface area contributed by atoms with Gasteiger partial charge >= 0.3 is 6.18 Å². The van der Waals surface area contributed by atoms with Crippen molar-refractivity contribution in [3.05, 3.63) is 29.3 Å². The van der Waals surface area contributed by atoms with E-state index in [4.69, 9.17) is 0 Å². The van der Waals surface area contributed by atoms with Gasteiger partial charge in [0.05, 0.1) is 29.3 Å². The van der Waals surface area contributed by atoms with Crippen molar-refractivity contribution in [2.24, 2.45) is 0 Å². The predicted molar refractivity (Wildman–Crippen MR) is 79.6 cm³/mol. The lowest BCUT2D eigenvalue weighted by atomic mass is 10.2. The molecule has 0 aliphatic rings. The van der Waals surface area contributed by atoms with Gasteiger partial charge in [0.15, 0.2) is 0 Å². The average molecular weight is 345 g/mol. The summed E-state index contributed by atoms with van der Waals surface area (Å²) in [6.45, 7) is 4.39. The van der Waals surface area contributed by atoms with E-state index < -0.39 is 12.8 Å². The Morgan fingerprint density at radius 2 is 2.08 bits per heavy atom. The topological polar surface area (TPSA) is 74.0 Å². The fraction of sp³-hybridized carbons (Fsp3) is 0.500. The molecule has 0 saturated heterocycles. The maximum atomic E-state index is 12.4. The Kier molecular flexibility index (Phi) is 5.27. The van der Waals surface area contributed by atoms with E-state index in [1.165, 1.54) is 12.4 Å². The van der Waals surface area contributed by atoms with Gasteiger partial charge in [0, 0.05) is 12.2 Å². The quantitative estimate of drug-likeness (QED) is 0.873. The van der Waals surface area contributed by atoms with E-state index in [-0.39, 0.29) is 12.6 Å². The molecule has 10 heteroatoms. The number of rotatable bonds is 6. The summed E-state index contributed by atoms with van der Waals surface area (Å²) in [5.74, 6) is -0.347. The van der Waals surface area contributed by atoms with Gasteiger partial charge in [-0.1, -0.05) is 0 Å². The summed E-state index contributed by atoms with van der Waals surface area (Å²) in [4.78, 5) is 12.4. The molecule has 24 heavy (non-hydrogen) atoms. The highest BCUT2D eigenvalue weighted by Gasteiger charge is 2.27. The number of carbonyl (C=O) groups excluding carboxylic acids is 1. The largest absolute Gasteiger partial charge is 0.411 e. The molecule has 2 rings (SSSR count). The molecule has 7 nitrogen and oxygen atoms in total. The molecular formula is C14H18F3N5O2. The second kappa shape index (κ2) is 7.04. The SMILES string of the molecule is CCn1nc(C)c(C(=O)Nc2cnn(COCC(F)(F)F)c2)c1C. The molecule has 2 heterocycles. The Bertz CT molecular complexity index is 721. The molecule has 2 aromatic rings. The number of aromatic nitrogens is 4. The standard InChI is InChI=1S/C14H18F3N5O2/c1-4-22-10(3)12(9(2)20-22)13(23)19-11-5-18-21(6-11)8-24-7-14(15,16)17/h5-6H,4,7-8H2,1-3H3,(H,19,23). The molecule has 0 radical (unpaired) electrons. The molecule has 0 aromatic carbocycles. The fourth-order valence-electron chi connectivity index (χ4n) is 2.28. The highest BCUT2D eigenvalue weighted by atomic mass is 19.4. The van der Waals surface area contributed by atoms with E-state index in [0.717, 1.165) is 10.4 Å². The van der Waals surface area contributed by atoms with Gasteiger partial charge in [-0.2, -0.15) is 23.4 Å². The smallest absolute Gasteiger partial charge is 0.350 e. The number of carbonyl (C=O) groups is 1. The van der Waals surface area contributed by atoms with Crippen LogP contribution in [0.25, 0.3) is 0 Å². The third-order valence-corrected chi connectivity index (χ3v) is 3.29. The van der Waals surface area contributed by atoms with Gasteiger partial charge in [0.2, 0.25) is 0 Å². The summed E-state index contributed by atoms with van der Waals surface area (Å²) in [6, 6.07) is 0. The molecule has 0 atom stereocenters. The van der Waals surface area contributed by atoms with Crippen LogP contribution in [0.15, 0.2) is 12.4 Å². The summed E-state index contributed by atoms with van der Waals surface area (Å²) in [7, 11) is 0. The van der Waals surface area contributed by atoms with Crippen molar-refractivity contribution in [2.75, 3.05) is 11.9 Å². The zero-order chi connectivity index (χ0) is 17.9. The van der Waals surface area contributed by atoms with Crippen LogP contribution in [0.5, 0.6) is 0 Å². The van der Waals surface area contributed by atoms with Crippen LogP contribution in [0.3, 0.4) is 0 Å². The van der Waals surface area contributed by atoms with Crippen molar-refractivity contribution in [1.82, 2.24) is 19.6 Å². The first-order valence-corrected chi connectivity index (χ1v) is 7.23. The lowest BCUT2D eigenvalue weighted by molar-refractivity contribution is -0.182. The van der Waals surface area contributed by atoms with Crippen LogP contribution in [0.2, 0.25) is 0 Å². The summed E-state index contributed by atoms with van der Waals surface area (Å²) in [5, 5.41) is 10.8. The summed E-state index contributed by atoms with van der Waals surface area (Å²) in [6.07, 6.45) is -1.66. The third kappa shape index (κ3) is 4.34. The van der Waals surface area contributed by atoms with Crippen molar-refractivity contribution < 1.29 is 22.7 Å². The number of ether oxygens (including phenoxy) is 1. The molecule has 0 fully saturated rings. The zero-order valence-corrected chi connectivity index (χ0v) is 13.5. The van der Waals surface area contributed by atoms with Crippen molar-refractivity contribution in [1.29, 1.82) is 0 Å². The molecule has 0 unspecified atom stereocenters. The first-order chi connectivity index (χ1) is 11.2. The van der Waals surface area contributed by atoms with Crippen LogP contribution in [0.1, 0.15) is 28.7 Å². The van der Waals surface area contributed by atoms with E-state index in [1.54, 1.807) is 18.5 Å². The van der Waals surface area contributed by atoms with Gasteiger partial charge in [0.1, 0.15) is 13.3 Å². The van der Waals surface area contributed by atoms with Crippen LogP contribution in [-0.2, 0) is 18.0 Å². The number of anilines is 1. The third-order valence-electron chi connectivity index (χ3n) is 3.29. The normalized spacial score (nSPS) is 11.8. The number of nitrogens with one attached hydrogen (secondary N) is 1. The molecule has 2 aromatic heterocycles. The molecule has 0 bridgehead atoms. The van der Waals surface area contributed by atoms with Crippen molar-refractivity contribution in [2.45, 2.75) is 40.2 Å². The highest BCUT2D eigenvalue weighted by molar-refractivity contribution is 6.05. The molecular weight excluding hydrogens is 327 g/mol. The molecule has 0 aliphatic carbocycles. The minimum absolute atomic E-state index is 0.347. The van der Waals surface area contributed by atoms with Crippen molar-refractivity contribution in [3.8, 4) is 0 Å². The Morgan fingerprint density at radius 1 is 1.38 bits per heavy atom. The van der Waals surface area contributed by atoms with E-state index in [2.05, 4.69) is 20.3 Å². The monoisotopic (exact) mass is 345 g/mol. The Morgan fingerprint density at radius 3 is 2.67 bits per heavy atom. The minimum atomic E-state index is -4.39. The lowest BCUT2D eigenvalue weighted by Crippen LogP contribution is -2.18. The second-order valence-corrected chi connectivity index (χ2v) is 5.18. The van der Waals surface area contributed by atoms with Crippen LogP contribution in [0.4, 0.5) is 18.9 Å². The van der Waals surface area contributed by atoms with E-state index in [0.29, 0.717) is 23.5 Å². The molecule has 0 aliphatic heterocycles. The number of hydrogen-bond acceptors (Lipinski definition) is 4. The summed E-state index contributed by atoms with van der Waals surface area (Å²) >= 11 is 0. The van der Waals surface area contributed by atoms with Crippen molar-refractivity contribution in [3.63, 3.8) is 0 Å². The number of aryl methyl sites for hydroxylation is 2. The highest BCUT2D eigenvalue weighted by Crippen LogP contribution is 2.17. The van der Waals surface area contributed by atoms with Gasteiger partial charge in [0.25, 0.3) is 5.91 Å². The lowest BCUT2D eigenvalue weighted by Gasteiger charge is -2.07. The average Bonchev–Trinajstić information content (AvgIpc) is 3.01. The van der Waals surface area contributed by atoms with Crippen molar-refractivity contribution >= 4 is 11.6 Å². The molecule has 0 spiro atoms. The zero-order valence-electron chi connectivity index (χ0n) is 13.5. The first-order valence-electron chi connectivity index (χ1n) is 7.23. The molecule has 0 saturated carbocycles. The molecule has 132 valence electrons. The summed E-state index contributed by atoms with van der Waals surface area (Å²) in [5.41, 5.74) is 2.18. The maximum Gasteiger partial charge on any atom is 0.411 e. The van der Waals surface area contributed by atoms with Gasteiger partial charge in [-0.05, 0) is 20.8 Å². The van der Waals surface area contributed by atoms with Gasteiger partial charge in [-0.15, -0.1) is 0 Å². The number of hydrogen-bond donors (Lipinski definition) is 1. The van der Waals surface area contributed by atoms with Crippen LogP contribution in [0, 0.1) is 13.8 Å². The van der Waals surface area contributed by atoms with E-state index >= 15 is 0 Å². The summed E-state index contributed by atoms with van der Waals surface area (Å²) < 4.78 is 43.4. The van der Waals surface area contributed by atoms with E-state index in [1.807, 2.05) is 6.92 Å². The fourth-order valence-corrected chi connectivity index (χ4v) is 2.28. The number of amides is 1. The van der Waals surface area contributed by atoms with Gasteiger partial charge in [-0.3, -0.25) is 9.48 Å². The number of halogens is 3. The van der Waals surface area contributed by atoms with E-state index in [9.17, 15) is 18.0 Å². The Hall–Kier alpha value is -2.36. The number of alkyl halides is 3. The van der Waals surface area contributed by atoms with Gasteiger partial charge in [-0.25, -0.2) is 4.68 Å². The Labute approximate surface area is 136 Å². The second-order valence-electron chi connectivity index (χ2n) is 5.18. The van der Waals surface area contributed by atoms with Gasteiger partial charge < -0.3 is 10.1 Å². The number of nitrogens with zero attached hydrogens (tertiary/aromatic N) is 4. The Balaban J connectivity index is 1.99. The molecule has 1 N–H and O–H groups in total. The first kappa shape index (κ1) is 18.0.